The van der Waals surface area contributed by atoms with Crippen LogP contribution >= 0.6 is 35.0 Å². The van der Waals surface area contributed by atoms with Crippen LogP contribution in [-0.2, 0) is 10.5 Å². The van der Waals surface area contributed by atoms with E-state index >= 15 is 0 Å². The largest absolute Gasteiger partial charge is 0.461 e. The topological polar surface area (TPSA) is 103 Å². The number of esters is 1. The fraction of sp³-hybridized carbons (Fsp3) is 0.158. The molecule has 0 saturated carbocycles. The zero-order chi connectivity index (χ0) is 20.6. The monoisotopic (exact) mass is 449 g/mol. The number of ether oxygens (including phenoxy) is 1. The molecule has 0 radical (unpaired) electrons. The molecule has 0 atom stereocenters. The summed E-state index contributed by atoms with van der Waals surface area (Å²) in [6.07, 6.45) is 0. The van der Waals surface area contributed by atoms with E-state index in [4.69, 9.17) is 33.7 Å². The third-order valence-corrected chi connectivity index (χ3v) is 5.04. The number of anilines is 3. The number of hydrogen-bond acceptors (Lipinski definition) is 8. The van der Waals surface area contributed by atoms with Gasteiger partial charge < -0.3 is 15.8 Å². The van der Waals surface area contributed by atoms with Gasteiger partial charge in [0.05, 0.1) is 16.3 Å². The van der Waals surface area contributed by atoms with Crippen molar-refractivity contribution >= 4 is 58.5 Å². The molecule has 7 nitrogen and oxygen atoms in total. The van der Waals surface area contributed by atoms with E-state index < -0.39 is 5.97 Å². The van der Waals surface area contributed by atoms with Gasteiger partial charge in [-0.15, -0.1) is 0 Å². The lowest BCUT2D eigenvalue weighted by atomic mass is 10.2. The summed E-state index contributed by atoms with van der Waals surface area (Å²) < 4.78 is 5.24. The van der Waals surface area contributed by atoms with Crippen molar-refractivity contribution in [2.75, 3.05) is 23.4 Å². The van der Waals surface area contributed by atoms with Crippen molar-refractivity contribution in [3.63, 3.8) is 0 Å². The molecule has 2 aromatic carbocycles. The lowest BCUT2D eigenvalue weighted by Gasteiger charge is -2.08. The van der Waals surface area contributed by atoms with Crippen LogP contribution in [0.1, 0.15) is 16.2 Å². The van der Waals surface area contributed by atoms with Crippen LogP contribution < -0.4 is 11.1 Å². The highest BCUT2D eigenvalue weighted by molar-refractivity contribution is 7.98. The Balaban J connectivity index is 1.47. The highest BCUT2D eigenvalue weighted by Crippen LogP contribution is 2.22. The summed E-state index contributed by atoms with van der Waals surface area (Å²) in [4.78, 5) is 24.6. The zero-order valence-electron chi connectivity index (χ0n) is 15.1. The molecule has 0 aliphatic rings. The predicted molar refractivity (Wildman–Crippen MR) is 117 cm³/mol. The first-order chi connectivity index (χ1) is 14.0. The fourth-order valence-electron chi connectivity index (χ4n) is 2.30. The van der Waals surface area contributed by atoms with Gasteiger partial charge in [-0.1, -0.05) is 41.4 Å². The number of nitrogens with zero attached hydrogens (tertiary/aromatic N) is 3. The molecule has 3 rings (SSSR count). The Labute approximate surface area is 182 Å². The molecule has 0 amide bonds. The van der Waals surface area contributed by atoms with Gasteiger partial charge in [-0.05, 0) is 30.3 Å². The van der Waals surface area contributed by atoms with Crippen LogP contribution in [0.5, 0.6) is 0 Å². The molecule has 1 heterocycles. The second kappa shape index (κ2) is 10.3. The quantitative estimate of drug-likeness (QED) is 0.379. The molecule has 0 saturated heterocycles. The number of aromatic nitrogens is 3. The van der Waals surface area contributed by atoms with Crippen LogP contribution in [0.4, 0.5) is 17.6 Å². The van der Waals surface area contributed by atoms with E-state index in [1.807, 2.05) is 30.3 Å². The number of carbonyl (C=O) groups is 1. The number of nitrogen functional groups attached to an aromatic ring is 1. The highest BCUT2D eigenvalue weighted by Gasteiger charge is 2.12. The summed E-state index contributed by atoms with van der Waals surface area (Å²) in [5.74, 6) is 1.61. The van der Waals surface area contributed by atoms with Crippen LogP contribution in [0.15, 0.2) is 48.5 Å². The average molecular weight is 450 g/mol. The minimum absolute atomic E-state index is 0.137. The van der Waals surface area contributed by atoms with Crippen LogP contribution in [0.25, 0.3) is 0 Å². The number of hydrogen-bond donors (Lipinski definition) is 2. The van der Waals surface area contributed by atoms with Gasteiger partial charge in [-0.2, -0.15) is 26.7 Å². The number of carbonyl (C=O) groups excluding carboxylic acids is 1. The summed E-state index contributed by atoms with van der Waals surface area (Å²) >= 11 is 13.3. The third-order valence-electron chi connectivity index (χ3n) is 3.57. The lowest BCUT2D eigenvalue weighted by molar-refractivity contribution is 0.0530. The summed E-state index contributed by atoms with van der Waals surface area (Å²) in [5.41, 5.74) is 6.90. The van der Waals surface area contributed by atoms with Crippen LogP contribution in [0.3, 0.4) is 0 Å². The Morgan fingerprint density at radius 1 is 1.10 bits per heavy atom. The number of rotatable bonds is 8. The van der Waals surface area contributed by atoms with E-state index in [0.29, 0.717) is 28.3 Å². The third kappa shape index (κ3) is 6.49. The number of thioether (sulfide) groups is 1. The van der Waals surface area contributed by atoms with Gasteiger partial charge in [-0.3, -0.25) is 0 Å². The van der Waals surface area contributed by atoms with Gasteiger partial charge in [0, 0.05) is 16.5 Å². The fourth-order valence-corrected chi connectivity index (χ4v) is 3.44. The maximum absolute atomic E-state index is 12.1. The van der Waals surface area contributed by atoms with Crippen molar-refractivity contribution in [1.29, 1.82) is 0 Å². The highest BCUT2D eigenvalue weighted by atomic mass is 35.5. The molecule has 0 aliphatic heterocycles. The molecular formula is C19H17Cl2N5O2S. The smallest absolute Gasteiger partial charge is 0.339 e. The van der Waals surface area contributed by atoms with Gasteiger partial charge in [-0.25, -0.2) is 4.79 Å². The van der Waals surface area contributed by atoms with Crippen molar-refractivity contribution in [3.8, 4) is 0 Å². The molecule has 3 aromatic rings. The second-order valence-corrected chi connectivity index (χ2v) is 7.69. The summed E-state index contributed by atoms with van der Waals surface area (Å²) in [6, 6.07) is 14.2. The van der Waals surface area contributed by atoms with Crippen molar-refractivity contribution in [2.45, 2.75) is 5.75 Å². The molecule has 0 bridgehead atoms. The van der Waals surface area contributed by atoms with E-state index in [9.17, 15) is 4.79 Å². The Morgan fingerprint density at radius 3 is 2.66 bits per heavy atom. The lowest BCUT2D eigenvalue weighted by Crippen LogP contribution is -2.09. The van der Waals surface area contributed by atoms with Crippen molar-refractivity contribution < 1.29 is 9.53 Å². The molecule has 10 heteroatoms. The number of halogens is 2. The molecule has 29 heavy (non-hydrogen) atoms. The Morgan fingerprint density at radius 2 is 1.90 bits per heavy atom. The second-order valence-electron chi connectivity index (χ2n) is 5.74. The Hall–Kier alpha value is -2.55. The molecule has 3 N–H and O–H groups in total. The van der Waals surface area contributed by atoms with E-state index in [-0.39, 0.29) is 23.1 Å². The van der Waals surface area contributed by atoms with Gasteiger partial charge in [0.15, 0.2) is 0 Å². The first kappa shape index (κ1) is 21.2. The van der Waals surface area contributed by atoms with Crippen LogP contribution in [-0.4, -0.2) is 33.3 Å². The molecule has 1 aromatic heterocycles. The summed E-state index contributed by atoms with van der Waals surface area (Å²) in [5, 5.41) is 3.80. The minimum Gasteiger partial charge on any atom is -0.461 e. The van der Waals surface area contributed by atoms with Crippen molar-refractivity contribution in [1.82, 2.24) is 15.0 Å². The van der Waals surface area contributed by atoms with Gasteiger partial charge in [0.25, 0.3) is 0 Å². The molecule has 150 valence electrons. The molecular weight excluding hydrogens is 433 g/mol. The molecule has 0 fully saturated rings. The van der Waals surface area contributed by atoms with Crippen LogP contribution in [0.2, 0.25) is 10.0 Å². The zero-order valence-corrected chi connectivity index (χ0v) is 17.5. The SMILES string of the molecule is Nc1nc(CSCCOC(=O)c2ccc(Cl)cc2Cl)nc(Nc2ccccc2)n1. The number of benzene rings is 2. The summed E-state index contributed by atoms with van der Waals surface area (Å²) in [7, 11) is 0. The van der Waals surface area contributed by atoms with E-state index in [0.717, 1.165) is 5.69 Å². The maximum atomic E-state index is 12.1. The van der Waals surface area contributed by atoms with E-state index in [1.54, 1.807) is 6.07 Å². The number of nitrogens with one attached hydrogen (secondary N) is 1. The van der Waals surface area contributed by atoms with Gasteiger partial charge in [0.1, 0.15) is 12.4 Å². The van der Waals surface area contributed by atoms with Crippen molar-refractivity contribution in [2.24, 2.45) is 0 Å². The molecule has 0 spiro atoms. The first-order valence-corrected chi connectivity index (χ1v) is 10.4. The van der Waals surface area contributed by atoms with Crippen LogP contribution in [0, 0.1) is 0 Å². The number of nitrogens with two attached hydrogens (primary N) is 1. The van der Waals surface area contributed by atoms with E-state index in [2.05, 4.69) is 20.3 Å². The molecule has 0 aliphatic carbocycles. The minimum atomic E-state index is -0.494. The van der Waals surface area contributed by atoms with Crippen molar-refractivity contribution in [3.05, 3.63) is 70.0 Å². The van der Waals surface area contributed by atoms with Gasteiger partial charge in [0.2, 0.25) is 11.9 Å². The predicted octanol–water partition coefficient (Wildman–Crippen LogP) is 4.59. The van der Waals surface area contributed by atoms with Gasteiger partial charge >= 0.3 is 5.97 Å². The first-order valence-electron chi connectivity index (χ1n) is 8.53. The molecule has 0 unspecified atom stereocenters. The summed E-state index contributed by atoms with van der Waals surface area (Å²) in [6.45, 7) is 0.220. The normalized spacial score (nSPS) is 10.6. The Bertz CT molecular complexity index is 992. The standard InChI is InChI=1S/C19H17Cl2N5O2S/c20-12-6-7-14(15(21)10-12)17(27)28-8-9-29-11-16-24-18(22)26-19(25-16)23-13-4-2-1-3-5-13/h1-7,10H,8-9,11H2,(H3,22,23,24,25,26). The van der Waals surface area contributed by atoms with E-state index in [1.165, 1.54) is 23.9 Å². The maximum Gasteiger partial charge on any atom is 0.339 e. The average Bonchev–Trinajstić information content (AvgIpc) is 2.68. The Kier molecular flexibility index (Phi) is 7.51. The number of para-hydroxylation sites is 1.